The number of aryl methyl sites for hydroxylation is 1. The Kier molecular flexibility index (Phi) is 5.58. The maximum absolute atomic E-state index is 12.9. The molecule has 0 saturated carbocycles. The summed E-state index contributed by atoms with van der Waals surface area (Å²) in [6.45, 7) is 1.74. The number of nitrogens with one attached hydrogen (secondary N) is 1. The molecule has 25 heavy (non-hydrogen) atoms. The van der Waals surface area contributed by atoms with Crippen molar-refractivity contribution in [3.05, 3.63) is 65.7 Å². The molecule has 2 amide bonds. The van der Waals surface area contributed by atoms with Gasteiger partial charge in [0.05, 0.1) is 4.90 Å². The molecule has 0 aromatic heterocycles. The zero-order valence-corrected chi connectivity index (χ0v) is 15.1. The molecule has 2 aromatic carbocycles. The van der Waals surface area contributed by atoms with Crippen LogP contribution in [0.15, 0.2) is 59.5 Å². The van der Waals surface area contributed by atoms with Crippen LogP contribution in [0, 0.1) is 6.92 Å². The van der Waals surface area contributed by atoms with Crippen molar-refractivity contribution >= 4 is 21.7 Å². The van der Waals surface area contributed by atoms with Crippen molar-refractivity contribution in [1.29, 1.82) is 0 Å². The van der Waals surface area contributed by atoms with E-state index >= 15 is 0 Å². The number of rotatable bonds is 5. The van der Waals surface area contributed by atoms with Gasteiger partial charge in [0.15, 0.2) is 0 Å². The number of carbonyl (C=O) groups excluding carboxylic acids is 2. The minimum absolute atomic E-state index is 0.0275. The number of amides is 2. The first-order valence-electron chi connectivity index (χ1n) is 7.61. The molecule has 2 rings (SSSR count). The number of hydrogen-bond acceptors (Lipinski definition) is 4. The fraction of sp³-hybridized carbons (Fsp3) is 0.222. The van der Waals surface area contributed by atoms with E-state index in [2.05, 4.69) is 5.32 Å². The van der Waals surface area contributed by atoms with E-state index in [1.54, 1.807) is 49.4 Å². The summed E-state index contributed by atoms with van der Waals surface area (Å²) in [6.07, 6.45) is 0. The highest BCUT2D eigenvalue weighted by Gasteiger charge is 2.36. The number of carbonyl (C=O) groups is 2. The average molecular weight is 360 g/mol. The Balaban J connectivity index is 2.43. The molecule has 0 aliphatic heterocycles. The lowest BCUT2D eigenvalue weighted by atomic mass is 10.1. The Bertz CT molecular complexity index is 877. The summed E-state index contributed by atoms with van der Waals surface area (Å²) in [5, 5.41) is 0.679. The van der Waals surface area contributed by atoms with Crippen LogP contribution in [-0.4, -0.2) is 44.6 Å². The largest absolute Gasteiger partial charge is 0.346 e. The summed E-state index contributed by atoms with van der Waals surface area (Å²) < 4.78 is 25.7. The third kappa shape index (κ3) is 4.06. The lowest BCUT2D eigenvalue weighted by Crippen LogP contribution is -2.51. The van der Waals surface area contributed by atoms with Gasteiger partial charge in [0, 0.05) is 19.7 Å². The molecule has 0 aliphatic carbocycles. The molecule has 1 unspecified atom stereocenters. The predicted octanol–water partition coefficient (Wildman–Crippen LogP) is 1.61. The highest BCUT2D eigenvalue weighted by atomic mass is 32.2. The minimum atomic E-state index is -4.08. The monoisotopic (exact) mass is 360 g/mol. The first kappa shape index (κ1) is 18.7. The van der Waals surface area contributed by atoms with Crippen molar-refractivity contribution in [3.63, 3.8) is 0 Å². The lowest BCUT2D eigenvalue weighted by Gasteiger charge is -2.22. The number of nitrogens with zero attached hydrogens (tertiary/aromatic N) is 1. The third-order valence-corrected chi connectivity index (χ3v) is 5.57. The van der Waals surface area contributed by atoms with Crippen LogP contribution in [0.1, 0.15) is 15.9 Å². The van der Waals surface area contributed by atoms with Crippen molar-refractivity contribution in [3.8, 4) is 0 Å². The summed E-state index contributed by atoms with van der Waals surface area (Å²) >= 11 is 0. The Morgan fingerprint density at radius 1 is 0.960 bits per heavy atom. The van der Waals surface area contributed by atoms with Crippen LogP contribution < -0.4 is 5.32 Å². The van der Waals surface area contributed by atoms with Crippen molar-refractivity contribution in [2.24, 2.45) is 0 Å². The van der Waals surface area contributed by atoms with Gasteiger partial charge in [-0.05, 0) is 30.7 Å². The fourth-order valence-corrected chi connectivity index (χ4v) is 3.82. The summed E-state index contributed by atoms with van der Waals surface area (Å²) in [5.41, 5.74) is 1.01. The van der Waals surface area contributed by atoms with Crippen LogP contribution in [0.3, 0.4) is 0 Å². The first-order chi connectivity index (χ1) is 11.7. The molecule has 1 atom stereocenters. The molecule has 132 valence electrons. The van der Waals surface area contributed by atoms with Crippen LogP contribution in [0.25, 0.3) is 0 Å². The normalized spacial score (nSPS) is 12.3. The van der Waals surface area contributed by atoms with E-state index in [0.717, 1.165) is 4.90 Å². The molecular weight excluding hydrogens is 340 g/mol. The summed E-state index contributed by atoms with van der Waals surface area (Å²) in [5.74, 6) is -1.33. The molecule has 1 N–H and O–H groups in total. The smallest absolute Gasteiger partial charge is 0.260 e. The zero-order chi connectivity index (χ0) is 18.6. The highest BCUT2D eigenvalue weighted by Crippen LogP contribution is 2.17. The number of hydrogen-bond donors (Lipinski definition) is 1. The maximum atomic E-state index is 12.9. The highest BCUT2D eigenvalue weighted by molar-refractivity contribution is 7.92. The number of benzene rings is 2. The zero-order valence-electron chi connectivity index (χ0n) is 14.3. The Morgan fingerprint density at radius 2 is 1.52 bits per heavy atom. The number of sulfone groups is 1. The summed E-state index contributed by atoms with van der Waals surface area (Å²) in [4.78, 5) is 26.1. The molecule has 7 heteroatoms. The second kappa shape index (κ2) is 7.48. The Labute approximate surface area is 147 Å². The van der Waals surface area contributed by atoms with E-state index < -0.39 is 27.0 Å². The van der Waals surface area contributed by atoms with Crippen molar-refractivity contribution in [2.75, 3.05) is 14.1 Å². The van der Waals surface area contributed by atoms with Gasteiger partial charge in [-0.2, -0.15) is 0 Å². The van der Waals surface area contributed by atoms with E-state index in [0.29, 0.717) is 11.1 Å². The molecule has 2 aromatic rings. The topological polar surface area (TPSA) is 83.6 Å². The van der Waals surface area contributed by atoms with Gasteiger partial charge < -0.3 is 10.2 Å². The van der Waals surface area contributed by atoms with Crippen molar-refractivity contribution in [1.82, 2.24) is 10.2 Å². The van der Waals surface area contributed by atoms with E-state index in [1.807, 2.05) is 0 Å². The first-order valence-corrected chi connectivity index (χ1v) is 9.16. The molecule has 0 aliphatic rings. The summed E-state index contributed by atoms with van der Waals surface area (Å²) in [7, 11) is -1.20. The van der Waals surface area contributed by atoms with E-state index in [1.165, 1.54) is 26.2 Å². The van der Waals surface area contributed by atoms with Gasteiger partial charge in [0.1, 0.15) is 0 Å². The lowest BCUT2D eigenvalue weighted by molar-refractivity contribution is -0.128. The van der Waals surface area contributed by atoms with Gasteiger partial charge in [0.25, 0.3) is 11.8 Å². The van der Waals surface area contributed by atoms with Gasteiger partial charge in [-0.25, -0.2) is 8.42 Å². The second-order valence-electron chi connectivity index (χ2n) is 5.76. The third-order valence-electron chi connectivity index (χ3n) is 3.70. The number of likely N-dealkylation sites (N-methyl/N-ethyl adjacent to an activating group) is 1. The van der Waals surface area contributed by atoms with Crippen LogP contribution in [-0.2, 0) is 14.6 Å². The molecule has 0 saturated heterocycles. The van der Waals surface area contributed by atoms with Gasteiger partial charge in [0.2, 0.25) is 15.2 Å². The molecule has 6 nitrogen and oxygen atoms in total. The Hall–Kier alpha value is -2.67. The van der Waals surface area contributed by atoms with Gasteiger partial charge in [-0.15, -0.1) is 0 Å². The van der Waals surface area contributed by atoms with Crippen LogP contribution in [0.5, 0.6) is 0 Å². The van der Waals surface area contributed by atoms with Gasteiger partial charge in [-0.3, -0.25) is 9.59 Å². The van der Waals surface area contributed by atoms with Crippen LogP contribution >= 0.6 is 0 Å². The van der Waals surface area contributed by atoms with Crippen LogP contribution in [0.2, 0.25) is 0 Å². The predicted molar refractivity (Wildman–Crippen MR) is 94.8 cm³/mol. The second-order valence-corrected chi connectivity index (χ2v) is 7.79. The standard InChI is InChI=1S/C18H20N2O4S/c1-13-9-7-8-12-15(13)16(21)19-17(18(22)20(2)3)25(23,24)14-10-5-4-6-11-14/h4-12,17H,1-3H3,(H,19,21). The quantitative estimate of drug-likeness (QED) is 0.878. The molecule has 0 heterocycles. The molecule has 0 spiro atoms. The molecule has 0 bridgehead atoms. The molecule has 0 fully saturated rings. The van der Waals surface area contributed by atoms with E-state index in [4.69, 9.17) is 0 Å². The minimum Gasteiger partial charge on any atom is -0.346 e. The van der Waals surface area contributed by atoms with E-state index in [-0.39, 0.29) is 4.90 Å². The average Bonchev–Trinajstić information content (AvgIpc) is 2.59. The molecule has 0 radical (unpaired) electrons. The van der Waals surface area contributed by atoms with Gasteiger partial charge >= 0.3 is 0 Å². The van der Waals surface area contributed by atoms with Crippen molar-refractivity contribution in [2.45, 2.75) is 17.2 Å². The summed E-state index contributed by atoms with van der Waals surface area (Å²) in [6, 6.07) is 14.4. The maximum Gasteiger partial charge on any atom is 0.260 e. The van der Waals surface area contributed by atoms with Crippen LogP contribution in [0.4, 0.5) is 0 Å². The van der Waals surface area contributed by atoms with E-state index in [9.17, 15) is 18.0 Å². The SMILES string of the molecule is Cc1ccccc1C(=O)NC(C(=O)N(C)C)S(=O)(=O)c1ccccc1. The Morgan fingerprint density at radius 3 is 2.08 bits per heavy atom. The van der Waals surface area contributed by atoms with Crippen molar-refractivity contribution < 1.29 is 18.0 Å². The molecular formula is C18H20N2O4S. The van der Waals surface area contributed by atoms with Gasteiger partial charge in [-0.1, -0.05) is 36.4 Å². The fourth-order valence-electron chi connectivity index (χ4n) is 2.28.